The topological polar surface area (TPSA) is 68.3 Å². The van der Waals surface area contributed by atoms with Crippen LogP contribution < -0.4 is 20.1 Å². The highest BCUT2D eigenvalue weighted by atomic mass is 16.5. The highest BCUT2D eigenvalue weighted by Gasteiger charge is 2.06. The largest absolute Gasteiger partial charge is 0.493 e. The normalized spacial score (nSPS) is 10.4. The second kappa shape index (κ2) is 9.60. The van der Waals surface area contributed by atoms with Crippen LogP contribution in [0.15, 0.2) is 54.9 Å². The van der Waals surface area contributed by atoms with Gasteiger partial charge in [0.1, 0.15) is 18.0 Å². The molecule has 28 heavy (non-hydrogen) atoms. The first kappa shape index (κ1) is 19.5. The van der Waals surface area contributed by atoms with Crippen molar-refractivity contribution in [2.75, 3.05) is 31.4 Å². The monoisotopic (exact) mass is 378 g/mol. The molecule has 2 aromatic carbocycles. The van der Waals surface area contributed by atoms with Gasteiger partial charge in [0.2, 0.25) is 0 Å². The van der Waals surface area contributed by atoms with Crippen LogP contribution in [0.2, 0.25) is 0 Å². The number of aryl methyl sites for hydroxylation is 1. The van der Waals surface area contributed by atoms with Crippen molar-refractivity contribution in [1.82, 2.24) is 9.97 Å². The SMILES string of the molecule is CCc1ccccc1Nc1cc(NCCc2ccc(OC)c(OC)c2)ncn1. The first-order valence-electron chi connectivity index (χ1n) is 9.35. The molecule has 0 radical (unpaired) electrons. The molecule has 0 aliphatic carbocycles. The summed E-state index contributed by atoms with van der Waals surface area (Å²) in [5, 5.41) is 6.73. The van der Waals surface area contributed by atoms with Gasteiger partial charge < -0.3 is 20.1 Å². The van der Waals surface area contributed by atoms with E-state index in [2.05, 4.69) is 39.7 Å². The number of anilines is 3. The van der Waals surface area contributed by atoms with Crippen LogP contribution in [0.5, 0.6) is 11.5 Å². The number of ether oxygens (including phenoxy) is 2. The van der Waals surface area contributed by atoms with Crippen molar-refractivity contribution < 1.29 is 9.47 Å². The Morgan fingerprint density at radius 1 is 0.893 bits per heavy atom. The summed E-state index contributed by atoms with van der Waals surface area (Å²) in [6.07, 6.45) is 3.37. The maximum absolute atomic E-state index is 5.36. The lowest BCUT2D eigenvalue weighted by Gasteiger charge is -2.12. The van der Waals surface area contributed by atoms with E-state index in [1.54, 1.807) is 20.5 Å². The van der Waals surface area contributed by atoms with E-state index in [9.17, 15) is 0 Å². The number of para-hydroxylation sites is 1. The third-order valence-corrected chi connectivity index (χ3v) is 4.50. The highest BCUT2D eigenvalue weighted by molar-refractivity contribution is 5.62. The smallest absolute Gasteiger partial charge is 0.160 e. The highest BCUT2D eigenvalue weighted by Crippen LogP contribution is 2.27. The summed E-state index contributed by atoms with van der Waals surface area (Å²) >= 11 is 0. The molecule has 6 nitrogen and oxygen atoms in total. The maximum Gasteiger partial charge on any atom is 0.160 e. The Morgan fingerprint density at radius 3 is 2.46 bits per heavy atom. The predicted octanol–water partition coefficient (Wildman–Crippen LogP) is 4.45. The van der Waals surface area contributed by atoms with Gasteiger partial charge in [-0.15, -0.1) is 0 Å². The van der Waals surface area contributed by atoms with Crippen LogP contribution in [0.3, 0.4) is 0 Å². The molecule has 1 heterocycles. The van der Waals surface area contributed by atoms with E-state index in [-0.39, 0.29) is 0 Å². The molecule has 0 unspecified atom stereocenters. The fourth-order valence-corrected chi connectivity index (χ4v) is 2.98. The van der Waals surface area contributed by atoms with Gasteiger partial charge in [-0.05, 0) is 42.2 Å². The Hall–Kier alpha value is -3.28. The summed E-state index contributed by atoms with van der Waals surface area (Å²) in [7, 11) is 3.28. The average Bonchev–Trinajstić information content (AvgIpc) is 2.74. The average molecular weight is 378 g/mol. The molecule has 0 bridgehead atoms. The van der Waals surface area contributed by atoms with E-state index in [1.165, 1.54) is 5.56 Å². The molecule has 0 aliphatic heterocycles. The molecule has 3 rings (SSSR count). The van der Waals surface area contributed by atoms with E-state index in [0.717, 1.165) is 53.8 Å². The Bertz CT molecular complexity index is 915. The van der Waals surface area contributed by atoms with Crippen LogP contribution in [0.1, 0.15) is 18.1 Å². The molecule has 0 spiro atoms. The zero-order valence-corrected chi connectivity index (χ0v) is 16.5. The van der Waals surface area contributed by atoms with Crippen molar-refractivity contribution in [3.8, 4) is 11.5 Å². The van der Waals surface area contributed by atoms with Gasteiger partial charge in [0, 0.05) is 18.3 Å². The Balaban J connectivity index is 1.61. The lowest BCUT2D eigenvalue weighted by atomic mass is 10.1. The van der Waals surface area contributed by atoms with E-state index in [1.807, 2.05) is 36.4 Å². The summed E-state index contributed by atoms with van der Waals surface area (Å²) in [6.45, 7) is 2.89. The number of benzene rings is 2. The number of nitrogens with one attached hydrogen (secondary N) is 2. The van der Waals surface area contributed by atoms with Crippen molar-refractivity contribution in [2.24, 2.45) is 0 Å². The molecule has 3 aromatic rings. The van der Waals surface area contributed by atoms with Crippen LogP contribution in [0.4, 0.5) is 17.3 Å². The molecule has 0 atom stereocenters. The number of methoxy groups -OCH3 is 2. The zero-order valence-electron chi connectivity index (χ0n) is 16.5. The maximum atomic E-state index is 5.36. The van der Waals surface area contributed by atoms with Crippen molar-refractivity contribution in [3.63, 3.8) is 0 Å². The molecule has 2 N–H and O–H groups in total. The first-order chi connectivity index (χ1) is 13.7. The molecule has 6 heteroatoms. The van der Waals surface area contributed by atoms with Crippen molar-refractivity contribution in [2.45, 2.75) is 19.8 Å². The van der Waals surface area contributed by atoms with Gasteiger partial charge >= 0.3 is 0 Å². The fraction of sp³-hybridized carbons (Fsp3) is 0.273. The number of hydrogen-bond donors (Lipinski definition) is 2. The second-order valence-electron chi connectivity index (χ2n) is 6.29. The Labute approximate surface area is 166 Å². The van der Waals surface area contributed by atoms with Crippen molar-refractivity contribution >= 4 is 17.3 Å². The Kier molecular flexibility index (Phi) is 6.68. The lowest BCUT2D eigenvalue weighted by molar-refractivity contribution is 0.354. The summed E-state index contributed by atoms with van der Waals surface area (Å²) in [4.78, 5) is 8.63. The zero-order chi connectivity index (χ0) is 19.8. The quantitative estimate of drug-likeness (QED) is 0.573. The minimum atomic E-state index is 0.734. The number of aromatic nitrogens is 2. The van der Waals surface area contributed by atoms with Gasteiger partial charge in [-0.1, -0.05) is 31.2 Å². The van der Waals surface area contributed by atoms with Gasteiger partial charge in [-0.25, -0.2) is 9.97 Å². The fourth-order valence-electron chi connectivity index (χ4n) is 2.98. The van der Waals surface area contributed by atoms with E-state index >= 15 is 0 Å². The van der Waals surface area contributed by atoms with Gasteiger partial charge in [0.05, 0.1) is 14.2 Å². The minimum absolute atomic E-state index is 0.734. The number of hydrogen-bond acceptors (Lipinski definition) is 6. The standard InChI is InChI=1S/C22H26N4O2/c1-4-17-7-5-6-8-18(17)26-22-14-21(24-15-25-22)23-12-11-16-9-10-19(27-2)20(13-16)28-3/h5-10,13-15H,4,11-12H2,1-3H3,(H2,23,24,25,26). The molecule has 0 amide bonds. The third-order valence-electron chi connectivity index (χ3n) is 4.50. The lowest BCUT2D eigenvalue weighted by Crippen LogP contribution is -2.07. The molecule has 0 saturated heterocycles. The van der Waals surface area contributed by atoms with Crippen molar-refractivity contribution in [1.29, 1.82) is 0 Å². The van der Waals surface area contributed by atoms with Crippen LogP contribution in [0, 0.1) is 0 Å². The Morgan fingerprint density at radius 2 is 1.68 bits per heavy atom. The predicted molar refractivity (Wildman–Crippen MR) is 113 cm³/mol. The van der Waals surface area contributed by atoms with E-state index in [0.29, 0.717) is 0 Å². The molecule has 0 aliphatic rings. The molecule has 0 saturated carbocycles. The third kappa shape index (κ3) is 4.91. The van der Waals surface area contributed by atoms with Crippen LogP contribution in [0.25, 0.3) is 0 Å². The van der Waals surface area contributed by atoms with Crippen molar-refractivity contribution in [3.05, 3.63) is 66.0 Å². The molecule has 146 valence electrons. The number of rotatable bonds is 9. The van der Waals surface area contributed by atoms with Crippen LogP contribution in [-0.2, 0) is 12.8 Å². The van der Waals surface area contributed by atoms with Gasteiger partial charge in [0.15, 0.2) is 11.5 Å². The molecule has 1 aromatic heterocycles. The van der Waals surface area contributed by atoms with E-state index < -0.39 is 0 Å². The summed E-state index contributed by atoms with van der Waals surface area (Å²) < 4.78 is 10.6. The molecular formula is C22H26N4O2. The number of nitrogens with zero attached hydrogens (tertiary/aromatic N) is 2. The summed E-state index contributed by atoms with van der Waals surface area (Å²) in [5.74, 6) is 3.03. The second-order valence-corrected chi connectivity index (χ2v) is 6.29. The van der Waals surface area contributed by atoms with Gasteiger partial charge in [-0.3, -0.25) is 0 Å². The first-order valence-corrected chi connectivity index (χ1v) is 9.35. The van der Waals surface area contributed by atoms with Gasteiger partial charge in [-0.2, -0.15) is 0 Å². The van der Waals surface area contributed by atoms with Gasteiger partial charge in [0.25, 0.3) is 0 Å². The van der Waals surface area contributed by atoms with Crippen LogP contribution in [-0.4, -0.2) is 30.7 Å². The summed E-state index contributed by atoms with van der Waals surface area (Å²) in [5.41, 5.74) is 3.48. The van der Waals surface area contributed by atoms with E-state index in [4.69, 9.17) is 9.47 Å². The minimum Gasteiger partial charge on any atom is -0.493 e. The van der Waals surface area contributed by atoms with Crippen LogP contribution >= 0.6 is 0 Å². The summed E-state index contributed by atoms with van der Waals surface area (Å²) in [6, 6.07) is 16.1. The molecule has 0 fully saturated rings. The molecular weight excluding hydrogens is 352 g/mol.